The van der Waals surface area contributed by atoms with E-state index in [1.54, 1.807) is 11.1 Å². The maximum absolute atomic E-state index is 3.95. The molecule has 3 aliphatic carbocycles. The Kier molecular flexibility index (Phi) is 2.64. The molecule has 1 heteroatoms. The third kappa shape index (κ3) is 1.53. The van der Waals surface area contributed by atoms with E-state index >= 15 is 0 Å². The van der Waals surface area contributed by atoms with Gasteiger partial charge in [0, 0.05) is 18.5 Å². The van der Waals surface area contributed by atoms with Crippen LogP contribution in [-0.2, 0) is 6.42 Å². The molecule has 20 heavy (non-hydrogen) atoms. The van der Waals surface area contributed by atoms with Crippen molar-refractivity contribution >= 4 is 0 Å². The number of benzene rings is 1. The summed E-state index contributed by atoms with van der Waals surface area (Å²) in [7, 11) is 0. The molecule has 108 valence electrons. The fourth-order valence-electron chi connectivity index (χ4n) is 5.34. The van der Waals surface area contributed by atoms with Gasteiger partial charge in [-0.25, -0.2) is 0 Å². The molecule has 2 saturated carbocycles. The maximum atomic E-state index is 3.95. The number of rotatable bonds is 3. The summed E-state index contributed by atoms with van der Waals surface area (Å²) in [5.41, 5.74) is 4.20. The lowest BCUT2D eigenvalue weighted by Gasteiger charge is -2.41. The van der Waals surface area contributed by atoms with Crippen LogP contribution in [0, 0.1) is 16.7 Å². The highest BCUT2D eigenvalue weighted by Crippen LogP contribution is 2.65. The number of hydrogen-bond donors (Lipinski definition) is 1. The molecule has 1 aromatic rings. The fourth-order valence-corrected chi connectivity index (χ4v) is 5.34. The van der Waals surface area contributed by atoms with Gasteiger partial charge in [-0.05, 0) is 53.6 Å². The predicted molar refractivity (Wildman–Crippen MR) is 83.9 cm³/mol. The summed E-state index contributed by atoms with van der Waals surface area (Å²) in [5.74, 6) is 1.70. The Labute approximate surface area is 123 Å². The van der Waals surface area contributed by atoms with Gasteiger partial charge in [-0.2, -0.15) is 0 Å². The van der Waals surface area contributed by atoms with Crippen LogP contribution in [0.25, 0.3) is 0 Å². The summed E-state index contributed by atoms with van der Waals surface area (Å²) >= 11 is 0. The molecular weight excluding hydrogens is 242 g/mol. The molecule has 0 aliphatic heterocycles. The van der Waals surface area contributed by atoms with Crippen LogP contribution in [0.4, 0.5) is 0 Å². The van der Waals surface area contributed by atoms with Crippen molar-refractivity contribution in [2.24, 2.45) is 16.7 Å². The average Bonchev–Trinajstić information content (AvgIpc) is 2.73. The van der Waals surface area contributed by atoms with Crippen molar-refractivity contribution in [3.05, 3.63) is 35.4 Å². The summed E-state index contributed by atoms with van der Waals surface area (Å²) in [6.45, 7) is 8.72. The van der Waals surface area contributed by atoms with Crippen molar-refractivity contribution in [3.63, 3.8) is 0 Å². The van der Waals surface area contributed by atoms with E-state index in [2.05, 4.69) is 50.4 Å². The van der Waals surface area contributed by atoms with E-state index in [0.717, 1.165) is 17.9 Å². The lowest BCUT2D eigenvalue weighted by molar-refractivity contribution is 0.120. The lowest BCUT2D eigenvalue weighted by atomic mass is 9.69. The zero-order valence-electron chi connectivity index (χ0n) is 13.1. The van der Waals surface area contributed by atoms with Crippen molar-refractivity contribution in [1.82, 2.24) is 5.32 Å². The minimum atomic E-state index is 0.515. The highest BCUT2D eigenvalue weighted by molar-refractivity contribution is 5.40. The molecular formula is C19H27N. The van der Waals surface area contributed by atoms with Crippen LogP contribution in [0.3, 0.4) is 0 Å². The largest absolute Gasteiger partial charge is 0.313 e. The van der Waals surface area contributed by atoms with Crippen LogP contribution in [0.15, 0.2) is 24.3 Å². The van der Waals surface area contributed by atoms with Gasteiger partial charge in [0.05, 0.1) is 0 Å². The van der Waals surface area contributed by atoms with E-state index in [1.807, 2.05) is 0 Å². The van der Waals surface area contributed by atoms with Crippen LogP contribution < -0.4 is 5.32 Å². The molecule has 1 nitrogen and oxygen atoms in total. The third-order valence-electron chi connectivity index (χ3n) is 7.37. The summed E-state index contributed by atoms with van der Waals surface area (Å²) in [4.78, 5) is 0. The molecule has 3 aliphatic rings. The van der Waals surface area contributed by atoms with Gasteiger partial charge in [0.25, 0.3) is 0 Å². The Bertz CT molecular complexity index is 532. The summed E-state index contributed by atoms with van der Waals surface area (Å²) in [6, 6.07) is 9.70. The van der Waals surface area contributed by atoms with Gasteiger partial charge in [0.15, 0.2) is 0 Å². The van der Waals surface area contributed by atoms with E-state index in [1.165, 1.54) is 32.2 Å². The normalized spacial score (nSPS) is 40.5. The topological polar surface area (TPSA) is 12.0 Å². The van der Waals surface area contributed by atoms with Crippen LogP contribution in [-0.4, -0.2) is 12.6 Å². The second kappa shape index (κ2) is 4.10. The van der Waals surface area contributed by atoms with E-state index in [4.69, 9.17) is 0 Å². The smallest absolute Gasteiger partial charge is 0.0129 e. The molecule has 0 aromatic heterocycles. The van der Waals surface area contributed by atoms with Crippen LogP contribution in [0.5, 0.6) is 0 Å². The van der Waals surface area contributed by atoms with Crippen molar-refractivity contribution in [2.75, 3.05) is 6.54 Å². The summed E-state index contributed by atoms with van der Waals surface area (Å²) in [5, 5.41) is 3.95. The summed E-state index contributed by atoms with van der Waals surface area (Å²) < 4.78 is 0. The van der Waals surface area contributed by atoms with Gasteiger partial charge >= 0.3 is 0 Å². The number of nitrogens with one attached hydrogen (secondary N) is 1. The Morgan fingerprint density at radius 1 is 1.20 bits per heavy atom. The van der Waals surface area contributed by atoms with Gasteiger partial charge in [0.1, 0.15) is 0 Å². The summed E-state index contributed by atoms with van der Waals surface area (Å²) in [6.07, 6.45) is 5.55. The lowest BCUT2D eigenvalue weighted by Crippen LogP contribution is -2.46. The number of hydrogen-bond acceptors (Lipinski definition) is 1. The molecule has 0 radical (unpaired) electrons. The molecule has 0 amide bonds. The maximum Gasteiger partial charge on any atom is 0.0129 e. The molecule has 2 fully saturated rings. The SMILES string of the molecule is CC1(C)C2CCC1(C)C(NCC1Cc3ccccc31)C2. The first-order chi connectivity index (χ1) is 9.52. The third-order valence-corrected chi connectivity index (χ3v) is 7.37. The van der Waals surface area contributed by atoms with Crippen LogP contribution >= 0.6 is 0 Å². The van der Waals surface area contributed by atoms with Crippen LogP contribution in [0.2, 0.25) is 0 Å². The molecule has 1 aromatic carbocycles. The van der Waals surface area contributed by atoms with Crippen molar-refractivity contribution in [2.45, 2.75) is 58.4 Å². The molecule has 4 atom stereocenters. The molecule has 0 saturated heterocycles. The van der Waals surface area contributed by atoms with Crippen molar-refractivity contribution in [3.8, 4) is 0 Å². The molecule has 4 unspecified atom stereocenters. The fraction of sp³-hybridized carbons (Fsp3) is 0.684. The second-order valence-electron chi connectivity index (χ2n) is 8.17. The first-order valence-corrected chi connectivity index (χ1v) is 8.33. The molecule has 1 N–H and O–H groups in total. The predicted octanol–water partition coefficient (Wildman–Crippen LogP) is 4.13. The quantitative estimate of drug-likeness (QED) is 0.870. The minimum absolute atomic E-state index is 0.515. The Hall–Kier alpha value is -0.820. The van der Waals surface area contributed by atoms with Crippen molar-refractivity contribution in [1.29, 1.82) is 0 Å². The zero-order valence-corrected chi connectivity index (χ0v) is 13.1. The first kappa shape index (κ1) is 12.9. The molecule has 0 heterocycles. The molecule has 4 rings (SSSR count). The molecule has 0 spiro atoms. The van der Waals surface area contributed by atoms with E-state index in [-0.39, 0.29) is 0 Å². The minimum Gasteiger partial charge on any atom is -0.313 e. The second-order valence-corrected chi connectivity index (χ2v) is 8.17. The van der Waals surface area contributed by atoms with Gasteiger partial charge in [-0.1, -0.05) is 45.0 Å². The highest BCUT2D eigenvalue weighted by Gasteiger charge is 2.61. The van der Waals surface area contributed by atoms with Gasteiger partial charge < -0.3 is 5.32 Å². The van der Waals surface area contributed by atoms with Gasteiger partial charge in [-0.15, -0.1) is 0 Å². The van der Waals surface area contributed by atoms with Crippen molar-refractivity contribution < 1.29 is 0 Å². The average molecular weight is 269 g/mol. The van der Waals surface area contributed by atoms with E-state index in [9.17, 15) is 0 Å². The Balaban J connectivity index is 1.43. The monoisotopic (exact) mass is 269 g/mol. The first-order valence-electron chi connectivity index (χ1n) is 8.33. The van der Waals surface area contributed by atoms with Crippen LogP contribution in [0.1, 0.15) is 57.1 Å². The Morgan fingerprint density at radius 3 is 2.65 bits per heavy atom. The standard InChI is InChI=1S/C19H27N/c1-18(2)15-8-9-19(18,3)17(11-15)20-12-14-10-13-6-4-5-7-16(13)14/h4-7,14-15,17,20H,8-12H2,1-3H3. The number of fused-ring (bicyclic) bond motifs is 3. The molecule has 2 bridgehead atoms. The zero-order chi connectivity index (χ0) is 14.0. The van der Waals surface area contributed by atoms with Gasteiger partial charge in [0.2, 0.25) is 0 Å². The van der Waals surface area contributed by atoms with Gasteiger partial charge in [-0.3, -0.25) is 0 Å². The highest BCUT2D eigenvalue weighted by atomic mass is 15.0. The Morgan fingerprint density at radius 2 is 2.00 bits per heavy atom. The van der Waals surface area contributed by atoms with E-state index < -0.39 is 0 Å². The van der Waals surface area contributed by atoms with E-state index in [0.29, 0.717) is 10.8 Å².